The lowest BCUT2D eigenvalue weighted by atomic mass is 10.2. The van der Waals surface area contributed by atoms with Gasteiger partial charge in [0, 0.05) is 20.7 Å². The summed E-state index contributed by atoms with van der Waals surface area (Å²) in [6, 6.07) is 1.74. The predicted molar refractivity (Wildman–Crippen MR) is 72.2 cm³/mol. The van der Waals surface area contributed by atoms with Crippen LogP contribution < -0.4 is 16.0 Å². The van der Waals surface area contributed by atoms with Gasteiger partial charge in [-0.05, 0) is 12.1 Å². The number of anilines is 2. The number of hydrogen-bond acceptors (Lipinski definition) is 5. The maximum atomic E-state index is 12.7. The highest BCUT2D eigenvalue weighted by Crippen LogP contribution is 2.31. The fraction of sp³-hybridized carbons (Fsp3) is 0.500. The maximum absolute atomic E-state index is 12.7. The number of hydrogen-bond donors (Lipinski definition) is 3. The molecule has 21 heavy (non-hydrogen) atoms. The number of halogens is 3. The number of rotatable bonds is 7. The van der Waals surface area contributed by atoms with Gasteiger partial charge in [0.15, 0.2) is 0 Å². The summed E-state index contributed by atoms with van der Waals surface area (Å²) >= 11 is 0. The number of nitrogens with one attached hydrogen (secondary N) is 3. The van der Waals surface area contributed by atoms with Gasteiger partial charge in [-0.1, -0.05) is 0 Å². The normalized spacial score (nSPS) is 11.1. The quantitative estimate of drug-likeness (QED) is 0.662. The van der Waals surface area contributed by atoms with Crippen LogP contribution in [0.15, 0.2) is 12.1 Å². The van der Waals surface area contributed by atoms with Gasteiger partial charge in [0.25, 0.3) is 0 Å². The largest absolute Gasteiger partial charge is 0.416 e. The zero-order valence-corrected chi connectivity index (χ0v) is 11.7. The molecule has 0 aliphatic carbocycles. The smallest absolute Gasteiger partial charge is 0.383 e. The molecule has 0 fully saturated rings. The Balaban J connectivity index is 2.68. The first-order chi connectivity index (χ1) is 9.86. The highest BCUT2D eigenvalue weighted by Gasteiger charge is 2.31. The maximum Gasteiger partial charge on any atom is 0.416 e. The van der Waals surface area contributed by atoms with Crippen LogP contribution in [0, 0.1) is 0 Å². The minimum absolute atomic E-state index is 0.0314. The summed E-state index contributed by atoms with van der Waals surface area (Å²) in [5.41, 5.74) is -0.843. The monoisotopic (exact) mass is 306 g/mol. The average molecular weight is 306 g/mol. The molecule has 3 N–H and O–H groups in total. The molecule has 0 aromatic carbocycles. The van der Waals surface area contributed by atoms with Gasteiger partial charge >= 0.3 is 6.18 Å². The van der Waals surface area contributed by atoms with Crippen molar-refractivity contribution in [2.45, 2.75) is 6.18 Å². The predicted octanol–water partition coefficient (Wildman–Crippen LogP) is 1.32. The van der Waals surface area contributed by atoms with Crippen LogP contribution in [0.4, 0.5) is 24.8 Å². The van der Waals surface area contributed by atoms with E-state index in [-0.39, 0.29) is 24.1 Å². The highest BCUT2D eigenvalue weighted by molar-refractivity contribution is 5.80. The summed E-state index contributed by atoms with van der Waals surface area (Å²) in [4.78, 5) is 15.3. The van der Waals surface area contributed by atoms with Crippen LogP contribution >= 0.6 is 0 Å². The molecule has 0 radical (unpaired) electrons. The van der Waals surface area contributed by atoms with Crippen LogP contribution in [0.2, 0.25) is 0 Å². The van der Waals surface area contributed by atoms with Crippen LogP contribution in [0.25, 0.3) is 0 Å². The molecule has 1 rings (SSSR count). The second-order valence-electron chi connectivity index (χ2n) is 4.07. The Morgan fingerprint density at radius 2 is 2.00 bits per heavy atom. The molecule has 1 aromatic rings. The Kier molecular flexibility index (Phi) is 6.22. The second-order valence-corrected chi connectivity index (χ2v) is 4.07. The molecular formula is C12H17F3N4O2. The molecule has 118 valence electrons. The Labute approximate surface area is 120 Å². The molecule has 0 saturated carbocycles. The van der Waals surface area contributed by atoms with E-state index >= 15 is 0 Å². The molecule has 0 saturated heterocycles. The third-order valence-electron chi connectivity index (χ3n) is 2.47. The fourth-order valence-corrected chi connectivity index (χ4v) is 1.44. The number of amides is 1. The van der Waals surface area contributed by atoms with Crippen LogP contribution in [0.5, 0.6) is 0 Å². The van der Waals surface area contributed by atoms with Gasteiger partial charge < -0.3 is 20.7 Å². The first-order valence-electron chi connectivity index (χ1n) is 6.13. The molecule has 0 bridgehead atoms. The summed E-state index contributed by atoms with van der Waals surface area (Å²) < 4.78 is 42.9. The first-order valence-corrected chi connectivity index (χ1v) is 6.13. The van der Waals surface area contributed by atoms with E-state index in [1.807, 2.05) is 0 Å². The zero-order chi connectivity index (χ0) is 15.9. The van der Waals surface area contributed by atoms with E-state index in [0.29, 0.717) is 13.2 Å². The molecule has 1 aromatic heterocycles. The molecule has 0 aliphatic heterocycles. The van der Waals surface area contributed by atoms with E-state index in [1.165, 1.54) is 14.2 Å². The van der Waals surface area contributed by atoms with Crippen LogP contribution in [-0.4, -0.2) is 44.7 Å². The van der Waals surface area contributed by atoms with Crippen LogP contribution in [0.3, 0.4) is 0 Å². The van der Waals surface area contributed by atoms with E-state index in [4.69, 9.17) is 4.74 Å². The summed E-state index contributed by atoms with van der Waals surface area (Å²) in [5, 5.41) is 7.63. The molecule has 0 aliphatic rings. The highest BCUT2D eigenvalue weighted by atomic mass is 19.4. The van der Waals surface area contributed by atoms with Crippen molar-refractivity contribution in [1.82, 2.24) is 10.3 Å². The van der Waals surface area contributed by atoms with Gasteiger partial charge in [-0.25, -0.2) is 4.98 Å². The number of methoxy groups -OCH3 is 1. The molecule has 0 atom stereocenters. The van der Waals surface area contributed by atoms with Crippen molar-refractivity contribution < 1.29 is 22.7 Å². The lowest BCUT2D eigenvalue weighted by Gasteiger charge is -2.12. The van der Waals surface area contributed by atoms with Crippen molar-refractivity contribution in [1.29, 1.82) is 0 Å². The molecule has 0 spiro atoms. The average Bonchev–Trinajstić information content (AvgIpc) is 2.44. The third-order valence-corrected chi connectivity index (χ3v) is 2.47. The van der Waals surface area contributed by atoms with Crippen molar-refractivity contribution in [2.24, 2.45) is 0 Å². The lowest BCUT2D eigenvalue weighted by Crippen LogP contribution is -2.32. The van der Waals surface area contributed by atoms with Gasteiger partial charge in [0.2, 0.25) is 5.91 Å². The SMILES string of the molecule is CNc1cc(C(F)(F)F)cc(NCC(=O)NCCOC)n1. The van der Waals surface area contributed by atoms with Gasteiger partial charge in [0.05, 0.1) is 18.7 Å². The molecule has 1 amide bonds. The fourth-order valence-electron chi connectivity index (χ4n) is 1.44. The number of ether oxygens (including phenoxy) is 1. The summed E-state index contributed by atoms with van der Waals surface area (Å²) in [6.07, 6.45) is -4.48. The first kappa shape index (κ1) is 17.0. The molecule has 1 heterocycles. The Morgan fingerprint density at radius 3 is 2.57 bits per heavy atom. The summed E-state index contributed by atoms with van der Waals surface area (Å²) in [6.45, 7) is 0.507. The van der Waals surface area contributed by atoms with E-state index in [1.54, 1.807) is 0 Å². The van der Waals surface area contributed by atoms with Crippen LogP contribution in [0.1, 0.15) is 5.56 Å². The van der Waals surface area contributed by atoms with Gasteiger partial charge in [0.1, 0.15) is 11.6 Å². The van der Waals surface area contributed by atoms with Gasteiger partial charge in [-0.2, -0.15) is 13.2 Å². The Hall–Kier alpha value is -2.03. The minimum Gasteiger partial charge on any atom is -0.383 e. The number of aromatic nitrogens is 1. The van der Waals surface area contributed by atoms with Crippen molar-refractivity contribution in [3.05, 3.63) is 17.7 Å². The topological polar surface area (TPSA) is 75.3 Å². The number of carbonyl (C=O) groups excluding carboxylic acids is 1. The van der Waals surface area contributed by atoms with Crippen LogP contribution in [-0.2, 0) is 15.7 Å². The minimum atomic E-state index is -4.48. The van der Waals surface area contributed by atoms with Gasteiger partial charge in [-0.15, -0.1) is 0 Å². The Morgan fingerprint density at radius 1 is 1.33 bits per heavy atom. The lowest BCUT2D eigenvalue weighted by molar-refractivity contribution is -0.137. The van der Waals surface area contributed by atoms with Crippen molar-refractivity contribution >= 4 is 17.5 Å². The van der Waals surface area contributed by atoms with Crippen molar-refractivity contribution in [3.8, 4) is 0 Å². The van der Waals surface area contributed by atoms with Crippen molar-refractivity contribution in [3.63, 3.8) is 0 Å². The molecule has 6 nitrogen and oxygen atoms in total. The zero-order valence-electron chi connectivity index (χ0n) is 11.7. The molecule has 0 unspecified atom stereocenters. The number of carbonyl (C=O) groups is 1. The van der Waals surface area contributed by atoms with E-state index in [9.17, 15) is 18.0 Å². The summed E-state index contributed by atoms with van der Waals surface area (Å²) in [5.74, 6) is -0.333. The molecular weight excluding hydrogens is 289 g/mol. The standard InChI is InChI=1S/C12H17F3N4O2/c1-16-9-5-8(12(13,14)15)6-10(19-9)18-7-11(20)17-3-4-21-2/h5-6H,3-4,7H2,1-2H3,(H,17,20)(H2,16,18,19). The number of alkyl halides is 3. The van der Waals surface area contributed by atoms with E-state index in [2.05, 4.69) is 20.9 Å². The second kappa shape index (κ2) is 7.67. The third kappa shape index (κ3) is 5.86. The summed E-state index contributed by atoms with van der Waals surface area (Å²) in [7, 11) is 2.96. The van der Waals surface area contributed by atoms with Crippen molar-refractivity contribution in [2.75, 3.05) is 44.5 Å². The Bertz CT molecular complexity index is 480. The van der Waals surface area contributed by atoms with E-state index in [0.717, 1.165) is 12.1 Å². The number of pyridine rings is 1. The van der Waals surface area contributed by atoms with E-state index < -0.39 is 11.7 Å². The van der Waals surface area contributed by atoms with Gasteiger partial charge in [-0.3, -0.25) is 4.79 Å². The number of nitrogens with zero attached hydrogens (tertiary/aromatic N) is 1. The molecule has 9 heteroatoms.